The second kappa shape index (κ2) is 6.15. The topological polar surface area (TPSA) is 82.0 Å². The fourth-order valence-electron chi connectivity index (χ4n) is 2.24. The van der Waals surface area contributed by atoms with E-state index >= 15 is 0 Å². The summed E-state index contributed by atoms with van der Waals surface area (Å²) in [6.45, 7) is 1.40. The minimum absolute atomic E-state index is 0.0527. The SMILES string of the molecule is N#Cc1ccccc1S(=O)(=O)NCC[C@@H]1CCCN1. The maximum Gasteiger partial charge on any atom is 0.241 e. The molecule has 1 saturated heterocycles. The van der Waals surface area contributed by atoms with E-state index in [2.05, 4.69) is 10.0 Å². The molecule has 1 aromatic rings. The molecule has 0 aliphatic carbocycles. The second-order valence-electron chi connectivity index (χ2n) is 4.59. The third kappa shape index (κ3) is 3.53. The van der Waals surface area contributed by atoms with Gasteiger partial charge in [-0.05, 0) is 37.9 Å². The summed E-state index contributed by atoms with van der Waals surface area (Å²) in [5.74, 6) is 0. The molecule has 0 aromatic heterocycles. The Morgan fingerprint density at radius 3 is 2.89 bits per heavy atom. The van der Waals surface area contributed by atoms with Gasteiger partial charge in [0.2, 0.25) is 10.0 Å². The molecule has 1 aliphatic rings. The standard InChI is InChI=1S/C13H17N3O2S/c14-10-11-4-1-2-6-13(11)19(17,18)16-9-7-12-5-3-8-15-12/h1-2,4,6,12,15-16H,3,5,7-9H2/t12-/m0/s1. The van der Waals surface area contributed by atoms with Crippen molar-refractivity contribution in [1.82, 2.24) is 10.0 Å². The maximum atomic E-state index is 12.1. The summed E-state index contributed by atoms with van der Waals surface area (Å²) in [5, 5.41) is 12.2. The van der Waals surface area contributed by atoms with Gasteiger partial charge in [0, 0.05) is 12.6 Å². The molecule has 1 aromatic carbocycles. The summed E-state index contributed by atoms with van der Waals surface area (Å²) in [5.41, 5.74) is 0.175. The van der Waals surface area contributed by atoms with Gasteiger partial charge in [-0.1, -0.05) is 12.1 Å². The van der Waals surface area contributed by atoms with E-state index in [1.165, 1.54) is 12.1 Å². The van der Waals surface area contributed by atoms with Crippen LogP contribution in [0, 0.1) is 11.3 Å². The number of nitrogens with one attached hydrogen (secondary N) is 2. The van der Waals surface area contributed by atoms with Crippen LogP contribution >= 0.6 is 0 Å². The number of nitriles is 1. The Morgan fingerprint density at radius 2 is 2.21 bits per heavy atom. The molecule has 0 amide bonds. The van der Waals surface area contributed by atoms with E-state index in [4.69, 9.17) is 5.26 Å². The average Bonchev–Trinajstić information content (AvgIpc) is 2.91. The Morgan fingerprint density at radius 1 is 1.42 bits per heavy atom. The first-order valence-corrected chi connectivity index (χ1v) is 7.84. The second-order valence-corrected chi connectivity index (χ2v) is 6.32. The van der Waals surface area contributed by atoms with Crippen molar-refractivity contribution in [1.29, 1.82) is 5.26 Å². The van der Waals surface area contributed by atoms with Crippen LogP contribution in [0.3, 0.4) is 0 Å². The van der Waals surface area contributed by atoms with Crippen LogP contribution in [0.4, 0.5) is 0 Å². The maximum absolute atomic E-state index is 12.1. The van der Waals surface area contributed by atoms with Crippen LogP contribution in [0.2, 0.25) is 0 Å². The van der Waals surface area contributed by atoms with Gasteiger partial charge in [-0.3, -0.25) is 0 Å². The first-order valence-electron chi connectivity index (χ1n) is 6.35. The zero-order valence-corrected chi connectivity index (χ0v) is 11.4. The quantitative estimate of drug-likeness (QED) is 0.841. The first-order chi connectivity index (χ1) is 9.13. The number of benzene rings is 1. The minimum atomic E-state index is -3.60. The van der Waals surface area contributed by atoms with Crippen molar-refractivity contribution < 1.29 is 8.42 Å². The molecule has 1 atom stereocenters. The molecule has 6 heteroatoms. The molecule has 19 heavy (non-hydrogen) atoms. The molecular formula is C13H17N3O2S. The Kier molecular flexibility index (Phi) is 4.53. The van der Waals surface area contributed by atoms with Gasteiger partial charge in [-0.25, -0.2) is 13.1 Å². The molecule has 1 aliphatic heterocycles. The third-order valence-corrected chi connectivity index (χ3v) is 4.76. The van der Waals surface area contributed by atoms with Gasteiger partial charge in [0.1, 0.15) is 6.07 Å². The first kappa shape index (κ1) is 14.0. The summed E-state index contributed by atoms with van der Waals surface area (Å²) >= 11 is 0. The zero-order chi connectivity index (χ0) is 13.7. The van der Waals surface area contributed by atoms with Gasteiger partial charge in [0.05, 0.1) is 10.5 Å². The van der Waals surface area contributed by atoms with E-state index in [-0.39, 0.29) is 10.5 Å². The molecule has 5 nitrogen and oxygen atoms in total. The smallest absolute Gasteiger partial charge is 0.241 e. The third-order valence-electron chi connectivity index (χ3n) is 3.24. The van der Waals surface area contributed by atoms with E-state index < -0.39 is 10.0 Å². The van der Waals surface area contributed by atoms with Crippen molar-refractivity contribution in [3.63, 3.8) is 0 Å². The van der Waals surface area contributed by atoms with E-state index in [0.29, 0.717) is 12.6 Å². The highest BCUT2D eigenvalue weighted by atomic mass is 32.2. The summed E-state index contributed by atoms with van der Waals surface area (Å²) < 4.78 is 26.8. The Balaban J connectivity index is 1.99. The van der Waals surface area contributed by atoms with Crippen LogP contribution in [-0.2, 0) is 10.0 Å². The van der Waals surface area contributed by atoms with Crippen LogP contribution in [0.5, 0.6) is 0 Å². The summed E-state index contributed by atoms with van der Waals surface area (Å²) in [6, 6.07) is 8.53. The normalized spacial score (nSPS) is 19.2. The average molecular weight is 279 g/mol. The lowest BCUT2D eigenvalue weighted by molar-refractivity contribution is 0.539. The Labute approximate surface area is 113 Å². The lowest BCUT2D eigenvalue weighted by Crippen LogP contribution is -2.31. The predicted molar refractivity (Wildman–Crippen MR) is 72.0 cm³/mol. The van der Waals surface area contributed by atoms with Crippen LogP contribution in [0.25, 0.3) is 0 Å². The summed E-state index contributed by atoms with van der Waals surface area (Å²) in [4.78, 5) is 0.0527. The highest BCUT2D eigenvalue weighted by Crippen LogP contribution is 2.14. The molecule has 0 bridgehead atoms. The molecule has 1 heterocycles. The molecule has 102 valence electrons. The van der Waals surface area contributed by atoms with Crippen molar-refractivity contribution in [3.8, 4) is 6.07 Å². The monoisotopic (exact) mass is 279 g/mol. The summed E-state index contributed by atoms with van der Waals surface area (Å²) in [7, 11) is -3.60. The molecular weight excluding hydrogens is 262 g/mol. The largest absolute Gasteiger partial charge is 0.314 e. The highest BCUT2D eigenvalue weighted by molar-refractivity contribution is 7.89. The fraction of sp³-hybridized carbons (Fsp3) is 0.462. The number of hydrogen-bond donors (Lipinski definition) is 2. The minimum Gasteiger partial charge on any atom is -0.314 e. The van der Waals surface area contributed by atoms with Crippen molar-refractivity contribution in [2.75, 3.05) is 13.1 Å². The molecule has 0 radical (unpaired) electrons. The van der Waals surface area contributed by atoms with Gasteiger partial charge < -0.3 is 5.32 Å². The van der Waals surface area contributed by atoms with Gasteiger partial charge in [-0.2, -0.15) is 5.26 Å². The van der Waals surface area contributed by atoms with Crippen molar-refractivity contribution in [3.05, 3.63) is 29.8 Å². The van der Waals surface area contributed by atoms with E-state index in [9.17, 15) is 8.42 Å². The predicted octanol–water partition coefficient (Wildman–Crippen LogP) is 0.979. The van der Waals surface area contributed by atoms with Crippen LogP contribution in [0.1, 0.15) is 24.8 Å². The van der Waals surface area contributed by atoms with Crippen molar-refractivity contribution in [2.45, 2.75) is 30.2 Å². The molecule has 0 spiro atoms. The lowest BCUT2D eigenvalue weighted by atomic mass is 10.2. The molecule has 0 saturated carbocycles. The van der Waals surface area contributed by atoms with Crippen LogP contribution in [0.15, 0.2) is 29.2 Å². The zero-order valence-electron chi connectivity index (χ0n) is 10.6. The van der Waals surface area contributed by atoms with E-state index in [1.807, 2.05) is 6.07 Å². The molecule has 1 fully saturated rings. The van der Waals surface area contributed by atoms with Gasteiger partial charge in [0.25, 0.3) is 0 Å². The van der Waals surface area contributed by atoms with Crippen molar-refractivity contribution >= 4 is 10.0 Å². The Bertz CT molecular complexity index is 572. The van der Waals surface area contributed by atoms with E-state index in [0.717, 1.165) is 25.8 Å². The van der Waals surface area contributed by atoms with Gasteiger partial charge in [0.15, 0.2) is 0 Å². The van der Waals surface area contributed by atoms with Crippen molar-refractivity contribution in [2.24, 2.45) is 0 Å². The van der Waals surface area contributed by atoms with Gasteiger partial charge in [-0.15, -0.1) is 0 Å². The lowest BCUT2D eigenvalue weighted by Gasteiger charge is -2.11. The summed E-state index contributed by atoms with van der Waals surface area (Å²) in [6.07, 6.45) is 3.01. The number of nitrogens with zero attached hydrogens (tertiary/aromatic N) is 1. The van der Waals surface area contributed by atoms with Crippen LogP contribution in [-0.4, -0.2) is 27.5 Å². The van der Waals surface area contributed by atoms with E-state index in [1.54, 1.807) is 12.1 Å². The number of rotatable bonds is 5. The van der Waals surface area contributed by atoms with Crippen LogP contribution < -0.4 is 10.0 Å². The fourth-order valence-corrected chi connectivity index (χ4v) is 3.44. The Hall–Kier alpha value is -1.42. The number of sulfonamides is 1. The van der Waals surface area contributed by atoms with Gasteiger partial charge >= 0.3 is 0 Å². The molecule has 2 rings (SSSR count). The molecule has 2 N–H and O–H groups in total. The highest BCUT2D eigenvalue weighted by Gasteiger charge is 2.19. The molecule has 0 unspecified atom stereocenters. The number of hydrogen-bond acceptors (Lipinski definition) is 4.